The number of hydrogen-bond donors (Lipinski definition) is 1. The maximum atomic E-state index is 12.9. The lowest BCUT2D eigenvalue weighted by Crippen LogP contribution is -2.18. The van der Waals surface area contributed by atoms with E-state index in [0.29, 0.717) is 6.54 Å². The minimum absolute atomic E-state index is 0.242. The number of aryl methyl sites for hydroxylation is 1. The average Bonchev–Trinajstić information content (AvgIpc) is 2.83. The van der Waals surface area contributed by atoms with Crippen molar-refractivity contribution in [2.75, 3.05) is 21.3 Å². The van der Waals surface area contributed by atoms with Crippen LogP contribution in [0.3, 0.4) is 0 Å². The van der Waals surface area contributed by atoms with Crippen molar-refractivity contribution in [1.82, 2.24) is 14.6 Å². The van der Waals surface area contributed by atoms with Crippen LogP contribution in [0.1, 0.15) is 5.82 Å². The molecule has 5 nitrogen and oxygen atoms in total. The van der Waals surface area contributed by atoms with Crippen molar-refractivity contribution in [2.24, 2.45) is 7.05 Å². The Morgan fingerprint density at radius 1 is 1.30 bits per heavy atom. The van der Waals surface area contributed by atoms with Crippen LogP contribution in [0.25, 0.3) is 11.3 Å². The molecule has 0 aliphatic rings. The van der Waals surface area contributed by atoms with E-state index in [0.717, 1.165) is 24.2 Å². The first-order chi connectivity index (χ1) is 9.60. The number of hydroxylamine groups is 2. The van der Waals surface area contributed by atoms with E-state index in [9.17, 15) is 4.39 Å². The van der Waals surface area contributed by atoms with Crippen molar-refractivity contribution < 1.29 is 14.3 Å². The van der Waals surface area contributed by atoms with Crippen molar-refractivity contribution in [2.45, 2.75) is 6.54 Å². The molecule has 2 rings (SSSR count). The normalized spacial score (nSPS) is 10.3. The molecule has 0 atom stereocenters. The summed E-state index contributed by atoms with van der Waals surface area (Å²) in [6.07, 6.45) is 1.92. The molecule has 0 aliphatic carbocycles. The Kier molecular flexibility index (Phi) is 6.30. The first kappa shape index (κ1) is 16.3. The second-order valence-electron chi connectivity index (χ2n) is 4.13. The van der Waals surface area contributed by atoms with Crippen LogP contribution >= 0.6 is 0 Å². The lowest BCUT2D eigenvalue weighted by molar-refractivity contribution is -0.118. The van der Waals surface area contributed by atoms with Crippen LogP contribution in [0.4, 0.5) is 4.39 Å². The van der Waals surface area contributed by atoms with E-state index in [1.54, 1.807) is 24.3 Å². The van der Waals surface area contributed by atoms with Crippen LogP contribution in [0.2, 0.25) is 0 Å². The molecule has 1 N–H and O–H groups in total. The summed E-state index contributed by atoms with van der Waals surface area (Å²) in [6.45, 7) is 0.591. The van der Waals surface area contributed by atoms with Crippen LogP contribution < -0.4 is 0 Å². The van der Waals surface area contributed by atoms with Gasteiger partial charge in [0.2, 0.25) is 0 Å². The van der Waals surface area contributed by atoms with E-state index in [1.807, 2.05) is 24.9 Å². The van der Waals surface area contributed by atoms with Gasteiger partial charge in [-0.2, -0.15) is 5.06 Å². The second kappa shape index (κ2) is 7.74. The van der Waals surface area contributed by atoms with Gasteiger partial charge in [-0.1, -0.05) is 0 Å². The maximum Gasteiger partial charge on any atom is 0.125 e. The number of imidazole rings is 1. The number of aromatic nitrogens is 2. The van der Waals surface area contributed by atoms with Crippen molar-refractivity contribution >= 4 is 0 Å². The molecule has 1 aromatic heterocycles. The van der Waals surface area contributed by atoms with E-state index in [4.69, 9.17) is 9.94 Å². The van der Waals surface area contributed by atoms with E-state index >= 15 is 0 Å². The fraction of sp³-hybridized carbons (Fsp3) is 0.357. The average molecular weight is 281 g/mol. The number of rotatable bonds is 4. The molecule has 1 aromatic carbocycles. The Morgan fingerprint density at radius 2 is 1.90 bits per heavy atom. The summed E-state index contributed by atoms with van der Waals surface area (Å²) in [7, 11) is 6.38. The number of halogens is 1. The van der Waals surface area contributed by atoms with Crippen molar-refractivity contribution in [1.29, 1.82) is 0 Å². The molecule has 2 aromatic rings. The van der Waals surface area contributed by atoms with Crippen LogP contribution in [-0.4, -0.2) is 41.0 Å². The molecule has 1 heterocycles. The molecule has 110 valence electrons. The molecular formula is C14H20FN3O2. The van der Waals surface area contributed by atoms with Crippen LogP contribution in [0.15, 0.2) is 30.5 Å². The minimum atomic E-state index is -0.242. The summed E-state index contributed by atoms with van der Waals surface area (Å²) in [5, 5.41) is 8.69. The number of aliphatic hydroxyl groups is 1. The van der Waals surface area contributed by atoms with Gasteiger partial charge in [-0.05, 0) is 24.3 Å². The Balaban J connectivity index is 0.000000956. The van der Waals surface area contributed by atoms with E-state index < -0.39 is 0 Å². The van der Waals surface area contributed by atoms with Crippen molar-refractivity contribution in [3.63, 3.8) is 0 Å². The zero-order valence-electron chi connectivity index (χ0n) is 12.2. The van der Waals surface area contributed by atoms with E-state index in [2.05, 4.69) is 4.98 Å². The lowest BCUT2D eigenvalue weighted by atomic mass is 10.2. The standard InChI is InChI=1S/C13H16FN3O.CH4O/c1-16-8-12(10-4-6-11(14)7-5-10)15-13(16)9-17(2)18-3;1-2/h4-8H,9H2,1-3H3;2H,1H3. The van der Waals surface area contributed by atoms with E-state index in [-0.39, 0.29) is 5.82 Å². The third-order valence-corrected chi connectivity index (χ3v) is 2.79. The van der Waals surface area contributed by atoms with Gasteiger partial charge in [0.1, 0.15) is 11.6 Å². The molecule has 0 radical (unpaired) electrons. The summed E-state index contributed by atoms with van der Waals surface area (Å²) in [5.74, 6) is 0.646. The van der Waals surface area contributed by atoms with Gasteiger partial charge >= 0.3 is 0 Å². The van der Waals surface area contributed by atoms with Crippen molar-refractivity contribution in [3.05, 3.63) is 42.1 Å². The zero-order valence-corrected chi connectivity index (χ0v) is 12.2. The van der Waals surface area contributed by atoms with E-state index in [1.165, 1.54) is 12.1 Å². The molecule has 0 saturated heterocycles. The van der Waals surface area contributed by atoms with Crippen LogP contribution in [0.5, 0.6) is 0 Å². The smallest absolute Gasteiger partial charge is 0.125 e. The molecule has 0 fully saturated rings. The number of aliphatic hydroxyl groups excluding tert-OH is 1. The lowest BCUT2D eigenvalue weighted by Gasteiger charge is -2.12. The van der Waals surface area contributed by atoms with Gasteiger partial charge < -0.3 is 14.5 Å². The highest BCUT2D eigenvalue weighted by Gasteiger charge is 2.09. The third kappa shape index (κ3) is 4.12. The maximum absolute atomic E-state index is 12.9. The SMILES string of the molecule is CO.CON(C)Cc1nc(-c2ccc(F)cc2)cn1C. The largest absolute Gasteiger partial charge is 0.400 e. The molecule has 6 heteroatoms. The first-order valence-corrected chi connectivity index (χ1v) is 6.08. The van der Waals surface area contributed by atoms with Crippen LogP contribution in [0, 0.1) is 5.82 Å². The van der Waals surface area contributed by atoms with Gasteiger partial charge in [-0.25, -0.2) is 9.37 Å². The van der Waals surface area contributed by atoms with Gasteiger partial charge in [0.15, 0.2) is 0 Å². The Morgan fingerprint density at radius 3 is 2.45 bits per heavy atom. The predicted octanol–water partition coefficient (Wildman–Crippen LogP) is 1.83. The molecule has 0 unspecified atom stereocenters. The molecule has 0 amide bonds. The Bertz CT molecular complexity index is 526. The molecular weight excluding hydrogens is 261 g/mol. The topological polar surface area (TPSA) is 50.5 Å². The number of hydrogen-bond acceptors (Lipinski definition) is 4. The molecule has 0 aliphatic heterocycles. The second-order valence-corrected chi connectivity index (χ2v) is 4.13. The number of benzene rings is 1. The summed E-state index contributed by atoms with van der Waals surface area (Å²) in [6, 6.07) is 6.32. The monoisotopic (exact) mass is 281 g/mol. The third-order valence-electron chi connectivity index (χ3n) is 2.79. The highest BCUT2D eigenvalue weighted by atomic mass is 19.1. The Labute approximate surface area is 118 Å². The van der Waals surface area contributed by atoms with Crippen LogP contribution in [-0.2, 0) is 18.4 Å². The summed E-state index contributed by atoms with van der Waals surface area (Å²) >= 11 is 0. The highest BCUT2D eigenvalue weighted by Crippen LogP contribution is 2.19. The fourth-order valence-electron chi connectivity index (χ4n) is 1.68. The fourth-order valence-corrected chi connectivity index (χ4v) is 1.68. The molecule has 20 heavy (non-hydrogen) atoms. The first-order valence-electron chi connectivity index (χ1n) is 6.08. The van der Waals surface area contributed by atoms with Crippen molar-refractivity contribution in [3.8, 4) is 11.3 Å². The number of nitrogens with zero attached hydrogens (tertiary/aromatic N) is 3. The van der Waals surface area contributed by atoms with Gasteiger partial charge in [0, 0.05) is 33.0 Å². The summed E-state index contributed by atoms with van der Waals surface area (Å²) in [4.78, 5) is 9.59. The molecule has 0 bridgehead atoms. The van der Waals surface area contributed by atoms with Gasteiger partial charge in [0.25, 0.3) is 0 Å². The van der Waals surface area contributed by atoms with Gasteiger partial charge in [0.05, 0.1) is 19.3 Å². The van der Waals surface area contributed by atoms with Gasteiger partial charge in [-0.15, -0.1) is 0 Å². The zero-order chi connectivity index (χ0) is 15.1. The Hall–Kier alpha value is -1.76. The molecule has 0 saturated carbocycles. The molecule has 0 spiro atoms. The predicted molar refractivity (Wildman–Crippen MR) is 75.2 cm³/mol. The van der Waals surface area contributed by atoms with Gasteiger partial charge in [-0.3, -0.25) is 0 Å². The summed E-state index contributed by atoms with van der Waals surface area (Å²) < 4.78 is 14.8. The quantitative estimate of drug-likeness (QED) is 0.869. The minimum Gasteiger partial charge on any atom is -0.400 e. The highest BCUT2D eigenvalue weighted by molar-refractivity contribution is 5.58. The summed E-state index contributed by atoms with van der Waals surface area (Å²) in [5.41, 5.74) is 1.73.